The number of nitrogens with one attached hydrogen (secondary N) is 3. The summed E-state index contributed by atoms with van der Waals surface area (Å²) in [5.74, 6) is 0.561. The number of thiazole rings is 1. The molecule has 7 aromatic rings. The van der Waals surface area contributed by atoms with Crippen molar-refractivity contribution < 1.29 is 42.2 Å². The second-order valence-corrected chi connectivity index (χ2v) is 25.6. The van der Waals surface area contributed by atoms with Gasteiger partial charge in [0.2, 0.25) is 11.3 Å². The number of alkyl halides is 3. The number of carbonyl (C=O) groups excluding carboxylic acids is 3. The molecule has 92 heavy (non-hydrogen) atoms. The molecule has 20 nitrogen and oxygen atoms in total. The van der Waals surface area contributed by atoms with Gasteiger partial charge in [-0.25, -0.2) is 24.3 Å². The van der Waals surface area contributed by atoms with Gasteiger partial charge in [-0.1, -0.05) is 52.3 Å². The van der Waals surface area contributed by atoms with Crippen LogP contribution < -0.4 is 45.6 Å². The molecule has 0 bridgehead atoms. The standard InChI is InChI=1S/C67H66ClF3N14O6S/c1-38-10-7-15-51(68)58(38)78-64(88)53-35-74-66(92-53)77-54-34-55(76-39(2)75-54)82-28-26-81(27-29-82)37-56(86)85(36-40-16-19-52(79-80-72)50(30-40)67(69,70)71)25-20-73-63(87)43-17-18-44(65(89)90)47(33-43)57-48-31-41-11-3-5-21-83-23-8-13-45(59(41)83)61(48)91-62-46-14-9-24-84-22-6-4-12-42(60(46)84)32-49(57)62/h7,10,15-19,30-35H,3-6,8-9,11-14,20-29,36-37H2,1-2H3,(H3-,73,74,75,76,77,78,87,88,89,90)/p+1. The summed E-state index contributed by atoms with van der Waals surface area (Å²) in [6.07, 6.45) is 5.97. The van der Waals surface area contributed by atoms with Gasteiger partial charge in [-0.2, -0.15) is 13.2 Å². The summed E-state index contributed by atoms with van der Waals surface area (Å²) in [6.45, 7) is 8.55. The van der Waals surface area contributed by atoms with Gasteiger partial charge in [0.05, 0.1) is 40.1 Å². The van der Waals surface area contributed by atoms with E-state index in [9.17, 15) is 37.5 Å². The number of rotatable bonds is 16. The van der Waals surface area contributed by atoms with Crippen molar-refractivity contribution in [2.75, 3.05) is 92.4 Å². The fraction of sp³-hybridized carbons (Fsp3) is 0.373. The lowest BCUT2D eigenvalue weighted by molar-refractivity contribution is -0.137. The zero-order valence-electron chi connectivity index (χ0n) is 50.9. The third-order valence-corrected chi connectivity index (χ3v) is 19.4. The zero-order valence-corrected chi connectivity index (χ0v) is 52.5. The molecule has 25 heteroatoms. The normalized spacial score (nSPS) is 15.9. The highest BCUT2D eigenvalue weighted by Gasteiger charge is 2.38. The van der Waals surface area contributed by atoms with Crippen LogP contribution in [0, 0.1) is 13.8 Å². The molecule has 4 N–H and O–H groups in total. The number of aromatic carboxylic acids is 1. The minimum absolute atomic E-state index is 0.0253. The van der Waals surface area contributed by atoms with Crippen LogP contribution in [-0.2, 0) is 43.2 Å². The molecule has 5 aromatic carbocycles. The van der Waals surface area contributed by atoms with Gasteiger partial charge in [0.25, 0.3) is 11.8 Å². The number of hydrogen-bond donors (Lipinski definition) is 4. The van der Waals surface area contributed by atoms with Crippen LogP contribution in [0.5, 0.6) is 11.5 Å². The van der Waals surface area contributed by atoms with Crippen molar-refractivity contribution in [3.8, 4) is 11.5 Å². The smallest absolute Gasteiger partial charge is 0.416 e. The van der Waals surface area contributed by atoms with Gasteiger partial charge < -0.3 is 40.5 Å². The van der Waals surface area contributed by atoms with E-state index in [-0.39, 0.29) is 48.8 Å². The molecule has 0 radical (unpaired) electrons. The molecule has 0 atom stereocenters. The van der Waals surface area contributed by atoms with Crippen molar-refractivity contribution in [1.82, 2.24) is 34.6 Å². The van der Waals surface area contributed by atoms with Gasteiger partial charge in [-0.3, -0.25) is 19.3 Å². The Kier molecular flexibility index (Phi) is 17.4. The van der Waals surface area contributed by atoms with Crippen LogP contribution in [0.1, 0.15) is 125 Å². The lowest BCUT2D eigenvalue weighted by Crippen LogP contribution is -2.51. The van der Waals surface area contributed by atoms with E-state index in [0.717, 1.165) is 153 Å². The number of nitrogens with zero attached hydrogens (tertiary/aromatic N) is 11. The zero-order chi connectivity index (χ0) is 63.9. The van der Waals surface area contributed by atoms with Crippen molar-refractivity contribution in [1.29, 1.82) is 0 Å². The molecule has 474 valence electrons. The molecule has 0 spiro atoms. The molecule has 6 aliphatic heterocycles. The van der Waals surface area contributed by atoms with Gasteiger partial charge in [-0.05, 0) is 135 Å². The summed E-state index contributed by atoms with van der Waals surface area (Å²) in [4.78, 5) is 80.4. The Morgan fingerprint density at radius 2 is 1.63 bits per heavy atom. The third-order valence-electron chi connectivity index (χ3n) is 18.2. The molecule has 6 aliphatic rings. The first-order chi connectivity index (χ1) is 44.5. The number of fused-ring (bicyclic) bond motifs is 4. The molecule has 0 saturated carbocycles. The number of benzene rings is 5. The number of ether oxygens (including phenoxy) is 1. The van der Waals surface area contributed by atoms with Crippen LogP contribution in [0.2, 0.25) is 5.02 Å². The highest BCUT2D eigenvalue weighted by Crippen LogP contribution is 2.49. The van der Waals surface area contributed by atoms with Crippen molar-refractivity contribution in [2.24, 2.45) is 5.11 Å². The largest absolute Gasteiger partial charge is 0.478 e. The van der Waals surface area contributed by atoms with Crippen LogP contribution in [0.3, 0.4) is 0 Å². The first kappa shape index (κ1) is 61.8. The number of carboxylic acids is 1. The number of azide groups is 1. The summed E-state index contributed by atoms with van der Waals surface area (Å²) < 4.78 is 53.1. The molecule has 2 aromatic heterocycles. The average Bonchev–Trinajstić information content (AvgIpc) is 0.918. The lowest BCUT2D eigenvalue weighted by atomic mass is 9.82. The Balaban J connectivity index is 0.753. The Bertz CT molecular complexity index is 4340. The maximum atomic E-state index is 14.6. The highest BCUT2D eigenvalue weighted by molar-refractivity contribution is 7.17. The van der Waals surface area contributed by atoms with Crippen LogP contribution >= 0.6 is 22.9 Å². The van der Waals surface area contributed by atoms with Gasteiger partial charge in [0.1, 0.15) is 46.9 Å². The van der Waals surface area contributed by atoms with Crippen molar-refractivity contribution in [3.05, 3.63) is 177 Å². The number of amides is 3. The molecule has 3 amide bonds. The van der Waals surface area contributed by atoms with Gasteiger partial charge in [0, 0.05) is 127 Å². The topological polar surface area (TPSA) is 237 Å². The molecule has 1 saturated heterocycles. The number of aromatic nitrogens is 3. The monoisotopic (exact) mass is 1290 g/mol. The number of piperazine rings is 1. The summed E-state index contributed by atoms with van der Waals surface area (Å²) in [7, 11) is 0. The molecule has 13 rings (SSSR count). The van der Waals surface area contributed by atoms with E-state index in [1.54, 1.807) is 31.2 Å². The summed E-state index contributed by atoms with van der Waals surface area (Å²) >= 11 is 7.49. The van der Waals surface area contributed by atoms with E-state index >= 15 is 0 Å². The van der Waals surface area contributed by atoms with E-state index < -0.39 is 35.2 Å². The Morgan fingerprint density at radius 1 is 0.837 bits per heavy atom. The Labute approximate surface area is 537 Å². The fourth-order valence-corrected chi connectivity index (χ4v) is 14.9. The molecular weight excluding hydrogens is 1220 g/mol. The third kappa shape index (κ3) is 12.5. The quantitative estimate of drug-likeness (QED) is 0.0305. The number of para-hydroxylation sites is 1. The lowest BCUT2D eigenvalue weighted by Gasteiger charge is -2.36. The number of anilines is 5. The predicted molar refractivity (Wildman–Crippen MR) is 346 cm³/mol. The number of hydrogen-bond acceptors (Lipinski definition) is 14. The number of halogens is 4. The van der Waals surface area contributed by atoms with Crippen LogP contribution in [0.15, 0.2) is 84.1 Å². The Hall–Kier alpha value is -9.09. The summed E-state index contributed by atoms with van der Waals surface area (Å²) in [6, 6.07) is 19.4. The van der Waals surface area contributed by atoms with Crippen LogP contribution in [-0.4, -0.2) is 126 Å². The van der Waals surface area contributed by atoms with Gasteiger partial charge in [0.15, 0.2) is 5.13 Å². The number of carboxylic acid groups (broad SMARTS) is 1. The van der Waals surface area contributed by atoms with Gasteiger partial charge >= 0.3 is 12.1 Å². The molecule has 0 aliphatic carbocycles. The number of aryl methyl sites for hydroxylation is 4. The predicted octanol–water partition coefficient (Wildman–Crippen LogP) is 10.7. The first-order valence-electron chi connectivity index (χ1n) is 31.2. The maximum Gasteiger partial charge on any atom is 0.416 e. The average molecular weight is 1290 g/mol. The van der Waals surface area contributed by atoms with E-state index in [1.807, 2.05) is 22.8 Å². The van der Waals surface area contributed by atoms with Crippen LogP contribution in [0.25, 0.3) is 16.0 Å². The van der Waals surface area contributed by atoms with Crippen molar-refractivity contribution in [2.45, 2.75) is 90.8 Å². The molecule has 0 unspecified atom stereocenters. The van der Waals surface area contributed by atoms with E-state index in [0.29, 0.717) is 75.5 Å². The minimum atomic E-state index is -4.88. The molecular formula is C67H67ClF3N14O6S+. The van der Waals surface area contributed by atoms with E-state index in [2.05, 4.69) is 57.6 Å². The Morgan fingerprint density at radius 3 is 2.43 bits per heavy atom. The van der Waals surface area contributed by atoms with Gasteiger partial charge in [-0.15, -0.1) is 0 Å². The summed E-state index contributed by atoms with van der Waals surface area (Å²) in [5, 5.41) is 26.2. The number of carbonyl (C=O) groups is 4. The van der Waals surface area contributed by atoms with Crippen molar-refractivity contribution in [3.63, 3.8) is 0 Å². The fourth-order valence-electron chi connectivity index (χ4n) is 13.9. The summed E-state index contributed by atoms with van der Waals surface area (Å²) in [5.41, 5.74) is 16.8. The minimum Gasteiger partial charge on any atom is -0.478 e. The first-order valence-corrected chi connectivity index (χ1v) is 32.4. The molecule has 1 fully saturated rings. The second kappa shape index (κ2) is 25.9. The molecule has 8 heterocycles. The SMILES string of the molecule is Cc1nc(Nc2ncc(C(=O)Nc3c(C)cccc3Cl)s2)cc(N2CCN(CC(=O)N(CCNC(=O)c3ccc(C(=O)O)c(C4=c5cc6c7c(c5Oc5c4cc4c8c5CCCN8CCCC4)CCC[N+]=7CCCC6)c3)Cc3ccc(N=[N+]=[N-])c(C(F)(F)F)c3)CC2)n1. The van der Waals surface area contributed by atoms with Crippen LogP contribution in [0.4, 0.5) is 47.0 Å². The second-order valence-electron chi connectivity index (χ2n) is 24.2. The van der Waals surface area contributed by atoms with Crippen molar-refractivity contribution >= 4 is 86.0 Å². The maximum absolute atomic E-state index is 14.6. The van der Waals surface area contributed by atoms with E-state index in [1.165, 1.54) is 51.5 Å². The highest BCUT2D eigenvalue weighted by atomic mass is 35.5. The van der Waals surface area contributed by atoms with E-state index in [4.69, 9.17) is 26.9 Å².